The SMILES string of the molecule is CCNC(C)c1cccc(Oc2cccc(Cl)c2)c1. The van der Waals surface area contributed by atoms with Crippen molar-refractivity contribution in [1.29, 1.82) is 0 Å². The Morgan fingerprint density at radius 2 is 1.79 bits per heavy atom. The molecule has 0 aliphatic carbocycles. The van der Waals surface area contributed by atoms with E-state index in [4.69, 9.17) is 16.3 Å². The molecule has 2 nitrogen and oxygen atoms in total. The van der Waals surface area contributed by atoms with Gasteiger partial charge in [-0.1, -0.05) is 36.7 Å². The van der Waals surface area contributed by atoms with Crippen molar-refractivity contribution in [2.45, 2.75) is 19.9 Å². The predicted molar refractivity (Wildman–Crippen MR) is 80.1 cm³/mol. The second-order valence-corrected chi connectivity index (χ2v) is 4.85. The molecule has 2 rings (SSSR count). The first-order valence-corrected chi connectivity index (χ1v) is 6.83. The molecule has 2 aromatic rings. The number of ether oxygens (including phenoxy) is 1. The highest BCUT2D eigenvalue weighted by Crippen LogP contribution is 2.26. The van der Waals surface area contributed by atoms with Crippen LogP contribution in [-0.2, 0) is 0 Å². The minimum Gasteiger partial charge on any atom is -0.457 e. The van der Waals surface area contributed by atoms with Crippen LogP contribution in [0.25, 0.3) is 0 Å². The van der Waals surface area contributed by atoms with Crippen LogP contribution in [0, 0.1) is 0 Å². The summed E-state index contributed by atoms with van der Waals surface area (Å²) in [5, 5.41) is 4.06. The van der Waals surface area contributed by atoms with E-state index in [0.29, 0.717) is 11.1 Å². The molecule has 0 radical (unpaired) electrons. The van der Waals surface area contributed by atoms with Crippen molar-refractivity contribution in [2.75, 3.05) is 6.54 Å². The Balaban J connectivity index is 2.15. The lowest BCUT2D eigenvalue weighted by Crippen LogP contribution is -2.17. The zero-order valence-electron chi connectivity index (χ0n) is 11.2. The Morgan fingerprint density at radius 1 is 1.11 bits per heavy atom. The molecule has 0 saturated carbocycles. The normalized spacial score (nSPS) is 12.2. The first kappa shape index (κ1) is 13.9. The number of halogens is 1. The molecule has 0 fully saturated rings. The molecule has 2 aromatic carbocycles. The second kappa shape index (κ2) is 6.60. The number of benzene rings is 2. The lowest BCUT2D eigenvalue weighted by Gasteiger charge is -2.14. The van der Waals surface area contributed by atoms with E-state index in [2.05, 4.69) is 25.2 Å². The zero-order valence-corrected chi connectivity index (χ0v) is 11.9. The summed E-state index contributed by atoms with van der Waals surface area (Å²) < 4.78 is 5.82. The quantitative estimate of drug-likeness (QED) is 0.846. The van der Waals surface area contributed by atoms with Crippen molar-refractivity contribution in [2.24, 2.45) is 0 Å². The Kier molecular flexibility index (Phi) is 4.83. The van der Waals surface area contributed by atoms with Gasteiger partial charge in [0.15, 0.2) is 0 Å². The highest BCUT2D eigenvalue weighted by atomic mass is 35.5. The summed E-state index contributed by atoms with van der Waals surface area (Å²) in [6, 6.07) is 15.8. The number of nitrogens with one attached hydrogen (secondary N) is 1. The van der Waals surface area contributed by atoms with Gasteiger partial charge in [0.05, 0.1) is 0 Å². The van der Waals surface area contributed by atoms with Crippen molar-refractivity contribution in [3.8, 4) is 11.5 Å². The second-order valence-electron chi connectivity index (χ2n) is 4.41. The maximum atomic E-state index is 5.94. The van der Waals surface area contributed by atoms with E-state index in [-0.39, 0.29) is 0 Å². The minimum atomic E-state index is 0.313. The van der Waals surface area contributed by atoms with Crippen molar-refractivity contribution in [3.05, 3.63) is 59.1 Å². The highest BCUT2D eigenvalue weighted by Gasteiger charge is 2.05. The fraction of sp³-hybridized carbons (Fsp3) is 0.250. The molecule has 0 aromatic heterocycles. The largest absolute Gasteiger partial charge is 0.457 e. The van der Waals surface area contributed by atoms with E-state index in [0.717, 1.165) is 18.0 Å². The van der Waals surface area contributed by atoms with Crippen LogP contribution in [0.3, 0.4) is 0 Å². The topological polar surface area (TPSA) is 21.3 Å². The molecule has 0 amide bonds. The van der Waals surface area contributed by atoms with Crippen molar-refractivity contribution in [3.63, 3.8) is 0 Å². The molecule has 0 aliphatic rings. The van der Waals surface area contributed by atoms with E-state index < -0.39 is 0 Å². The molecule has 3 heteroatoms. The molecule has 0 aliphatic heterocycles. The third-order valence-corrected chi connectivity index (χ3v) is 3.14. The molecular weight excluding hydrogens is 258 g/mol. The Bertz CT molecular complexity index is 542. The van der Waals surface area contributed by atoms with E-state index in [1.165, 1.54) is 5.56 Å². The standard InChI is InChI=1S/C16H18ClNO/c1-3-18-12(2)13-6-4-8-15(10-13)19-16-9-5-7-14(17)11-16/h4-12,18H,3H2,1-2H3. The van der Waals surface area contributed by atoms with Gasteiger partial charge in [0.25, 0.3) is 0 Å². The summed E-state index contributed by atoms with van der Waals surface area (Å²) in [6.45, 7) is 5.19. The average molecular weight is 276 g/mol. The van der Waals surface area contributed by atoms with Crippen LogP contribution in [0.15, 0.2) is 48.5 Å². The summed E-state index contributed by atoms with van der Waals surface area (Å²) in [6.07, 6.45) is 0. The molecule has 1 N–H and O–H groups in total. The molecule has 100 valence electrons. The van der Waals surface area contributed by atoms with Crippen molar-refractivity contribution < 1.29 is 4.74 Å². The van der Waals surface area contributed by atoms with Gasteiger partial charge in [-0.2, -0.15) is 0 Å². The van der Waals surface area contributed by atoms with Crippen molar-refractivity contribution in [1.82, 2.24) is 5.32 Å². The van der Waals surface area contributed by atoms with Crippen molar-refractivity contribution >= 4 is 11.6 Å². The first-order valence-electron chi connectivity index (χ1n) is 6.46. The highest BCUT2D eigenvalue weighted by molar-refractivity contribution is 6.30. The molecule has 19 heavy (non-hydrogen) atoms. The van der Waals surface area contributed by atoms with Gasteiger partial charge in [0.2, 0.25) is 0 Å². The third-order valence-electron chi connectivity index (χ3n) is 2.90. The van der Waals surface area contributed by atoms with E-state index >= 15 is 0 Å². The summed E-state index contributed by atoms with van der Waals surface area (Å²) in [4.78, 5) is 0. The predicted octanol–water partition coefficient (Wildman–Crippen LogP) is 4.80. The van der Waals surface area contributed by atoms with E-state index in [1.807, 2.05) is 42.5 Å². The summed E-state index contributed by atoms with van der Waals surface area (Å²) in [5.74, 6) is 1.57. The molecular formula is C16H18ClNO. The Labute approximate surface area is 119 Å². The minimum absolute atomic E-state index is 0.313. The molecule has 1 atom stereocenters. The average Bonchev–Trinajstić information content (AvgIpc) is 2.39. The van der Waals surface area contributed by atoms with Crippen LogP contribution in [0.1, 0.15) is 25.5 Å². The fourth-order valence-corrected chi connectivity index (χ4v) is 2.12. The molecule has 0 bridgehead atoms. The van der Waals surface area contributed by atoms with E-state index in [9.17, 15) is 0 Å². The summed E-state index contributed by atoms with van der Waals surface area (Å²) in [7, 11) is 0. The Hall–Kier alpha value is -1.51. The first-order chi connectivity index (χ1) is 9.19. The summed E-state index contributed by atoms with van der Waals surface area (Å²) in [5.41, 5.74) is 1.21. The van der Waals surface area contributed by atoms with Crippen LogP contribution in [-0.4, -0.2) is 6.54 Å². The number of rotatable bonds is 5. The van der Waals surface area contributed by atoms with Crippen LogP contribution in [0.4, 0.5) is 0 Å². The molecule has 1 unspecified atom stereocenters. The lowest BCUT2D eigenvalue weighted by atomic mass is 10.1. The van der Waals surface area contributed by atoms with Crippen LogP contribution in [0.5, 0.6) is 11.5 Å². The van der Waals surface area contributed by atoms with Gasteiger partial charge in [-0.05, 0) is 49.4 Å². The van der Waals surface area contributed by atoms with Gasteiger partial charge in [0, 0.05) is 11.1 Å². The molecule has 0 heterocycles. The van der Waals surface area contributed by atoms with E-state index in [1.54, 1.807) is 0 Å². The monoisotopic (exact) mass is 275 g/mol. The van der Waals surface area contributed by atoms with Crippen LogP contribution < -0.4 is 10.1 Å². The van der Waals surface area contributed by atoms with Gasteiger partial charge >= 0.3 is 0 Å². The van der Waals surface area contributed by atoms with Gasteiger partial charge < -0.3 is 10.1 Å². The van der Waals surface area contributed by atoms with Gasteiger partial charge in [-0.25, -0.2) is 0 Å². The third kappa shape index (κ3) is 3.98. The van der Waals surface area contributed by atoms with Crippen LogP contribution >= 0.6 is 11.6 Å². The molecule has 0 saturated heterocycles. The van der Waals surface area contributed by atoms with Gasteiger partial charge in [-0.15, -0.1) is 0 Å². The Morgan fingerprint density at radius 3 is 2.47 bits per heavy atom. The lowest BCUT2D eigenvalue weighted by molar-refractivity contribution is 0.480. The fourth-order valence-electron chi connectivity index (χ4n) is 1.94. The maximum absolute atomic E-state index is 5.94. The number of hydrogen-bond acceptors (Lipinski definition) is 2. The maximum Gasteiger partial charge on any atom is 0.128 e. The summed E-state index contributed by atoms with van der Waals surface area (Å²) >= 11 is 5.94. The van der Waals surface area contributed by atoms with Gasteiger partial charge in [-0.3, -0.25) is 0 Å². The number of hydrogen-bond donors (Lipinski definition) is 1. The zero-order chi connectivity index (χ0) is 13.7. The molecule has 0 spiro atoms. The van der Waals surface area contributed by atoms with Gasteiger partial charge in [0.1, 0.15) is 11.5 Å². The van der Waals surface area contributed by atoms with Crippen LogP contribution in [0.2, 0.25) is 5.02 Å². The smallest absolute Gasteiger partial charge is 0.128 e.